The number of ether oxygens (including phenoxy) is 1. The quantitative estimate of drug-likeness (QED) is 0.213. The number of H-pyrrole nitrogens is 1. The molecule has 0 spiro atoms. The number of imidazole rings is 1. The fourth-order valence-electron chi connectivity index (χ4n) is 4.17. The second kappa shape index (κ2) is 10.5. The van der Waals surface area contributed by atoms with E-state index in [2.05, 4.69) is 51.7 Å². The summed E-state index contributed by atoms with van der Waals surface area (Å²) >= 11 is 12.7. The predicted octanol–water partition coefficient (Wildman–Crippen LogP) is 7.32. The minimum atomic E-state index is 0.315. The topological polar surface area (TPSA) is 49.9 Å². The van der Waals surface area contributed by atoms with Crippen LogP contribution in [0.3, 0.4) is 0 Å². The Morgan fingerprint density at radius 3 is 2.47 bits per heavy atom. The molecule has 4 aromatic carbocycles. The lowest BCUT2D eigenvalue weighted by Crippen LogP contribution is -2.16. The molecule has 0 amide bonds. The minimum Gasteiger partial charge on any atom is -0.488 e. The van der Waals surface area contributed by atoms with Crippen LogP contribution in [0.2, 0.25) is 10.0 Å². The van der Waals surface area contributed by atoms with Gasteiger partial charge in [-0.1, -0.05) is 71.7 Å². The van der Waals surface area contributed by atoms with Gasteiger partial charge in [0.1, 0.15) is 18.2 Å². The number of hydrogen-bond acceptors (Lipinski definition) is 3. The Kier molecular flexibility index (Phi) is 7.00. The first kappa shape index (κ1) is 22.7. The Morgan fingerprint density at radius 1 is 0.824 bits per heavy atom. The number of nitrogens with zero attached hydrogens (tertiary/aromatic N) is 1. The summed E-state index contributed by atoms with van der Waals surface area (Å²) in [7, 11) is 0. The summed E-state index contributed by atoms with van der Waals surface area (Å²) < 4.78 is 6.23. The van der Waals surface area contributed by atoms with Crippen molar-refractivity contribution >= 4 is 45.0 Å². The Labute approximate surface area is 208 Å². The van der Waals surface area contributed by atoms with Crippen LogP contribution in [0.25, 0.3) is 21.8 Å². The van der Waals surface area contributed by atoms with Crippen molar-refractivity contribution in [2.45, 2.75) is 26.0 Å². The van der Waals surface area contributed by atoms with Crippen LogP contribution in [-0.4, -0.2) is 16.5 Å². The van der Waals surface area contributed by atoms with Gasteiger partial charge in [-0.3, -0.25) is 0 Å². The van der Waals surface area contributed by atoms with Gasteiger partial charge in [-0.05, 0) is 54.1 Å². The Bertz CT molecular complexity index is 1380. The second-order valence-corrected chi connectivity index (χ2v) is 9.05. The van der Waals surface area contributed by atoms with Crippen LogP contribution < -0.4 is 10.1 Å². The molecule has 0 atom stereocenters. The Hall–Kier alpha value is -3.05. The molecular formula is C28H25Cl2N3O. The molecule has 0 bridgehead atoms. The van der Waals surface area contributed by atoms with E-state index in [-0.39, 0.29) is 0 Å². The van der Waals surface area contributed by atoms with Gasteiger partial charge in [0, 0.05) is 34.1 Å². The SMILES string of the molecule is Clc1cccc(Cl)c1COc1ccc2ccccc2c1CNCCCc1nc2ccccc2[nH]1. The molecule has 0 fully saturated rings. The van der Waals surface area contributed by atoms with Crippen molar-refractivity contribution in [2.75, 3.05) is 6.54 Å². The number of aromatic amines is 1. The van der Waals surface area contributed by atoms with E-state index in [0.717, 1.165) is 53.1 Å². The van der Waals surface area contributed by atoms with E-state index in [1.54, 1.807) is 0 Å². The number of fused-ring (bicyclic) bond motifs is 2. The van der Waals surface area contributed by atoms with Gasteiger partial charge >= 0.3 is 0 Å². The van der Waals surface area contributed by atoms with Gasteiger partial charge < -0.3 is 15.0 Å². The number of aryl methyl sites for hydroxylation is 1. The summed E-state index contributed by atoms with van der Waals surface area (Å²) in [5.74, 6) is 1.85. The maximum Gasteiger partial charge on any atom is 0.124 e. The number of hydrogen-bond donors (Lipinski definition) is 2. The molecule has 0 aliphatic carbocycles. The third-order valence-electron chi connectivity index (χ3n) is 5.94. The summed E-state index contributed by atoms with van der Waals surface area (Å²) in [6.45, 7) is 1.89. The fraction of sp³-hybridized carbons (Fsp3) is 0.179. The molecule has 172 valence electrons. The van der Waals surface area contributed by atoms with E-state index in [1.165, 1.54) is 10.8 Å². The van der Waals surface area contributed by atoms with Gasteiger partial charge in [-0.15, -0.1) is 0 Å². The van der Waals surface area contributed by atoms with E-state index in [9.17, 15) is 0 Å². The van der Waals surface area contributed by atoms with Gasteiger partial charge in [-0.25, -0.2) is 4.98 Å². The first-order valence-corrected chi connectivity index (χ1v) is 12.2. The number of aromatic nitrogens is 2. The average Bonchev–Trinajstić information content (AvgIpc) is 3.27. The zero-order valence-corrected chi connectivity index (χ0v) is 20.2. The molecule has 0 saturated carbocycles. The molecule has 5 rings (SSSR count). The number of halogens is 2. The molecule has 1 aromatic heterocycles. The van der Waals surface area contributed by atoms with Crippen LogP contribution in [0.15, 0.2) is 78.9 Å². The monoisotopic (exact) mass is 489 g/mol. The molecule has 4 nitrogen and oxygen atoms in total. The Balaban J connectivity index is 1.26. The van der Waals surface area contributed by atoms with Crippen LogP contribution in [0, 0.1) is 0 Å². The highest BCUT2D eigenvalue weighted by atomic mass is 35.5. The van der Waals surface area contributed by atoms with Crippen LogP contribution >= 0.6 is 23.2 Å². The molecule has 34 heavy (non-hydrogen) atoms. The largest absolute Gasteiger partial charge is 0.488 e. The van der Waals surface area contributed by atoms with Crippen molar-refractivity contribution in [1.29, 1.82) is 0 Å². The maximum atomic E-state index is 6.34. The number of nitrogens with one attached hydrogen (secondary N) is 2. The molecule has 5 aromatic rings. The third kappa shape index (κ3) is 5.05. The third-order valence-corrected chi connectivity index (χ3v) is 6.65. The van der Waals surface area contributed by atoms with Gasteiger partial charge in [0.2, 0.25) is 0 Å². The van der Waals surface area contributed by atoms with Gasteiger partial charge in [0.15, 0.2) is 0 Å². The number of para-hydroxylation sites is 2. The summed E-state index contributed by atoms with van der Waals surface area (Å²) in [5, 5.41) is 7.17. The highest BCUT2D eigenvalue weighted by Gasteiger charge is 2.12. The number of benzene rings is 4. The highest BCUT2D eigenvalue weighted by Crippen LogP contribution is 2.31. The summed E-state index contributed by atoms with van der Waals surface area (Å²) in [4.78, 5) is 8.06. The van der Waals surface area contributed by atoms with Crippen molar-refractivity contribution in [3.8, 4) is 5.75 Å². The van der Waals surface area contributed by atoms with E-state index in [0.29, 0.717) is 23.2 Å². The lowest BCUT2D eigenvalue weighted by atomic mass is 10.0. The predicted molar refractivity (Wildman–Crippen MR) is 141 cm³/mol. The lowest BCUT2D eigenvalue weighted by Gasteiger charge is -2.16. The van der Waals surface area contributed by atoms with E-state index in [4.69, 9.17) is 27.9 Å². The van der Waals surface area contributed by atoms with E-state index < -0.39 is 0 Å². The first-order valence-electron chi connectivity index (χ1n) is 11.4. The molecule has 0 aliphatic heterocycles. The van der Waals surface area contributed by atoms with Gasteiger partial charge in [0.25, 0.3) is 0 Å². The van der Waals surface area contributed by atoms with Crippen molar-refractivity contribution in [1.82, 2.24) is 15.3 Å². The zero-order chi connectivity index (χ0) is 23.3. The van der Waals surface area contributed by atoms with Crippen molar-refractivity contribution in [3.05, 3.63) is 106 Å². The molecule has 0 unspecified atom stereocenters. The lowest BCUT2D eigenvalue weighted by molar-refractivity contribution is 0.303. The maximum absolute atomic E-state index is 6.34. The van der Waals surface area contributed by atoms with E-state index in [1.807, 2.05) is 42.5 Å². The van der Waals surface area contributed by atoms with Gasteiger partial charge in [0.05, 0.1) is 11.0 Å². The van der Waals surface area contributed by atoms with Crippen LogP contribution in [0.1, 0.15) is 23.4 Å². The summed E-state index contributed by atoms with van der Waals surface area (Å²) in [6, 6.07) is 26.1. The van der Waals surface area contributed by atoms with E-state index >= 15 is 0 Å². The average molecular weight is 490 g/mol. The van der Waals surface area contributed by atoms with Gasteiger partial charge in [-0.2, -0.15) is 0 Å². The normalized spacial score (nSPS) is 11.4. The molecule has 6 heteroatoms. The van der Waals surface area contributed by atoms with Crippen molar-refractivity contribution < 1.29 is 4.74 Å². The van der Waals surface area contributed by atoms with Crippen molar-refractivity contribution in [3.63, 3.8) is 0 Å². The highest BCUT2D eigenvalue weighted by molar-refractivity contribution is 6.35. The summed E-state index contributed by atoms with van der Waals surface area (Å²) in [5.41, 5.74) is 4.03. The molecule has 1 heterocycles. The zero-order valence-electron chi connectivity index (χ0n) is 18.7. The smallest absolute Gasteiger partial charge is 0.124 e. The fourth-order valence-corrected chi connectivity index (χ4v) is 4.68. The molecular weight excluding hydrogens is 465 g/mol. The standard InChI is InChI=1S/C28H25Cl2N3O/c29-23-9-5-10-24(30)22(23)18-34-27-15-14-19-7-1-2-8-20(19)21(27)17-31-16-6-13-28-32-25-11-3-4-12-26(25)33-28/h1-5,7-12,14-15,31H,6,13,16-18H2,(H,32,33). The number of rotatable bonds is 9. The minimum absolute atomic E-state index is 0.315. The summed E-state index contributed by atoms with van der Waals surface area (Å²) in [6.07, 6.45) is 1.88. The molecule has 0 saturated heterocycles. The van der Waals surface area contributed by atoms with Crippen LogP contribution in [-0.2, 0) is 19.6 Å². The molecule has 0 radical (unpaired) electrons. The van der Waals surface area contributed by atoms with Crippen molar-refractivity contribution in [2.24, 2.45) is 0 Å². The van der Waals surface area contributed by atoms with Crippen LogP contribution in [0.4, 0.5) is 0 Å². The first-order chi connectivity index (χ1) is 16.7. The molecule has 0 aliphatic rings. The second-order valence-electron chi connectivity index (χ2n) is 8.23. The Morgan fingerprint density at radius 2 is 1.62 bits per heavy atom. The molecule has 2 N–H and O–H groups in total. The van der Waals surface area contributed by atoms with Crippen LogP contribution in [0.5, 0.6) is 5.75 Å².